The number of aryl methyl sites for hydroxylation is 1. The molecule has 0 fully saturated rings. The highest BCUT2D eigenvalue weighted by Crippen LogP contribution is 2.38. The van der Waals surface area contributed by atoms with Gasteiger partial charge in [-0.05, 0) is 43.3 Å². The highest BCUT2D eigenvalue weighted by Gasteiger charge is 2.20. The molecule has 3 aromatic heterocycles. The average molecular weight is 573 g/mol. The third-order valence-electron chi connectivity index (χ3n) is 6.16. The van der Waals surface area contributed by atoms with Crippen molar-refractivity contribution < 1.29 is 22.3 Å². The molecule has 0 radical (unpaired) electrons. The summed E-state index contributed by atoms with van der Waals surface area (Å²) in [6, 6.07) is 10.2. The van der Waals surface area contributed by atoms with Gasteiger partial charge in [-0.2, -0.15) is 0 Å². The monoisotopic (exact) mass is 572 g/mol. The van der Waals surface area contributed by atoms with E-state index in [-0.39, 0.29) is 23.9 Å². The van der Waals surface area contributed by atoms with Crippen molar-refractivity contribution in [2.75, 3.05) is 17.1 Å². The lowest BCUT2D eigenvalue weighted by Crippen LogP contribution is -2.22. The van der Waals surface area contributed by atoms with Gasteiger partial charge in [-0.25, -0.2) is 17.8 Å². The summed E-state index contributed by atoms with van der Waals surface area (Å²) < 4.78 is 56.0. The van der Waals surface area contributed by atoms with Crippen molar-refractivity contribution in [1.82, 2.24) is 14.1 Å². The van der Waals surface area contributed by atoms with Crippen LogP contribution in [0.1, 0.15) is 6.92 Å². The molecule has 0 atom stereocenters. The van der Waals surface area contributed by atoms with Gasteiger partial charge in [-0.1, -0.05) is 19.6 Å². The van der Waals surface area contributed by atoms with Gasteiger partial charge in [0.05, 0.1) is 22.9 Å². The number of anilines is 1. The number of fused-ring (bicyclic) bond motifs is 1. The van der Waals surface area contributed by atoms with Gasteiger partial charge in [0.25, 0.3) is 5.56 Å². The van der Waals surface area contributed by atoms with Crippen LogP contribution in [0.5, 0.6) is 11.6 Å². The van der Waals surface area contributed by atoms with Crippen molar-refractivity contribution >= 4 is 34.7 Å². The predicted molar refractivity (Wildman–Crippen MR) is 154 cm³/mol. The quantitative estimate of drug-likeness (QED) is 0.190. The van der Waals surface area contributed by atoms with E-state index in [0.29, 0.717) is 40.1 Å². The molecule has 0 amide bonds. The van der Waals surface area contributed by atoms with Crippen LogP contribution in [-0.2, 0) is 28.5 Å². The van der Waals surface area contributed by atoms with Gasteiger partial charge in [0.2, 0.25) is 15.9 Å². The molecule has 12 heteroatoms. The van der Waals surface area contributed by atoms with E-state index in [0.717, 1.165) is 12.2 Å². The van der Waals surface area contributed by atoms with Crippen LogP contribution in [0.15, 0.2) is 59.8 Å². The molecule has 0 aliphatic carbocycles. The van der Waals surface area contributed by atoms with Gasteiger partial charge in [-0.3, -0.25) is 9.52 Å². The number of nitrogens with zero attached hydrogens (tertiary/aromatic N) is 3. The van der Waals surface area contributed by atoms with E-state index in [4.69, 9.17) is 9.47 Å². The number of aromatic nitrogens is 3. The Balaban J connectivity index is 1.85. The second kappa shape index (κ2) is 11.3. The molecule has 0 aliphatic rings. The van der Waals surface area contributed by atoms with Crippen LogP contribution in [0.4, 0.5) is 10.1 Å². The number of rotatable bonds is 11. The molecule has 4 rings (SSSR count). The summed E-state index contributed by atoms with van der Waals surface area (Å²) in [5, 5.41) is 0.481. The Hall–Kier alpha value is -3.48. The molecule has 1 N–H and O–H groups in total. The summed E-state index contributed by atoms with van der Waals surface area (Å²) in [7, 11) is -3.18. The maximum atomic E-state index is 13.4. The zero-order valence-electron chi connectivity index (χ0n) is 22.7. The third kappa shape index (κ3) is 6.94. The first-order valence-electron chi connectivity index (χ1n) is 12.6. The number of hydrogen-bond acceptors (Lipinski definition) is 6. The maximum Gasteiger partial charge on any atom is 0.259 e. The SMILES string of the molecule is CCS(=O)(=O)Nc1ccc(Oc2ccc(F)cn2)c(-c2cn(C)c(=O)c3ccn(COCC[Si](C)(C)C)c23)c1. The lowest BCUT2D eigenvalue weighted by atomic mass is 10.0. The van der Waals surface area contributed by atoms with Gasteiger partial charge in [-0.15, -0.1) is 0 Å². The van der Waals surface area contributed by atoms with E-state index >= 15 is 0 Å². The summed E-state index contributed by atoms with van der Waals surface area (Å²) in [6.45, 7) is 9.23. The molecule has 3 heterocycles. The Kier molecular flexibility index (Phi) is 8.28. The average Bonchev–Trinajstić information content (AvgIpc) is 3.30. The minimum Gasteiger partial charge on any atom is -0.438 e. The molecule has 39 heavy (non-hydrogen) atoms. The van der Waals surface area contributed by atoms with E-state index in [1.165, 1.54) is 16.7 Å². The molecule has 4 aromatic rings. The zero-order valence-corrected chi connectivity index (χ0v) is 24.5. The minimum atomic E-state index is -3.55. The van der Waals surface area contributed by atoms with Gasteiger partial charge in [0, 0.05) is 57.0 Å². The molecule has 0 unspecified atom stereocenters. The van der Waals surface area contributed by atoms with Crippen LogP contribution >= 0.6 is 0 Å². The molecule has 0 saturated carbocycles. The highest BCUT2D eigenvalue weighted by atomic mass is 32.2. The van der Waals surface area contributed by atoms with Crippen LogP contribution in [0.3, 0.4) is 0 Å². The molecule has 0 saturated heterocycles. The topological polar surface area (TPSA) is 104 Å². The van der Waals surface area contributed by atoms with E-state index in [1.807, 2.05) is 4.57 Å². The van der Waals surface area contributed by atoms with Gasteiger partial charge in [0.15, 0.2) is 0 Å². The van der Waals surface area contributed by atoms with E-state index in [1.54, 1.807) is 50.6 Å². The summed E-state index contributed by atoms with van der Waals surface area (Å²) >= 11 is 0. The van der Waals surface area contributed by atoms with Crippen molar-refractivity contribution in [2.45, 2.75) is 39.3 Å². The fraction of sp³-hybridized carbons (Fsp3) is 0.333. The fourth-order valence-electron chi connectivity index (χ4n) is 3.97. The fourth-order valence-corrected chi connectivity index (χ4v) is 5.36. The van der Waals surface area contributed by atoms with E-state index in [9.17, 15) is 17.6 Å². The second-order valence-electron chi connectivity index (χ2n) is 10.5. The molecule has 0 spiro atoms. The maximum absolute atomic E-state index is 13.4. The molecular weight excluding hydrogens is 539 g/mol. The Morgan fingerprint density at radius 3 is 2.54 bits per heavy atom. The van der Waals surface area contributed by atoms with Crippen LogP contribution in [0.25, 0.3) is 22.0 Å². The van der Waals surface area contributed by atoms with Gasteiger partial charge >= 0.3 is 0 Å². The number of ether oxygens (including phenoxy) is 2. The van der Waals surface area contributed by atoms with E-state index < -0.39 is 23.9 Å². The summed E-state index contributed by atoms with van der Waals surface area (Å²) in [5.74, 6) is -0.0907. The number of pyridine rings is 2. The van der Waals surface area contributed by atoms with E-state index in [2.05, 4.69) is 29.3 Å². The molecule has 208 valence electrons. The number of halogens is 1. The first-order valence-corrected chi connectivity index (χ1v) is 17.9. The van der Waals surface area contributed by atoms with Crippen molar-refractivity contribution in [3.63, 3.8) is 0 Å². The molecule has 0 bridgehead atoms. The second-order valence-corrected chi connectivity index (χ2v) is 18.1. The molecular formula is C27H33FN4O5SSi. The smallest absolute Gasteiger partial charge is 0.259 e. The van der Waals surface area contributed by atoms with Crippen molar-refractivity contribution in [2.24, 2.45) is 7.05 Å². The lowest BCUT2D eigenvalue weighted by Gasteiger charge is -2.18. The highest BCUT2D eigenvalue weighted by molar-refractivity contribution is 7.92. The Morgan fingerprint density at radius 2 is 1.87 bits per heavy atom. The zero-order chi connectivity index (χ0) is 28.4. The number of hydrogen-bond donors (Lipinski definition) is 1. The minimum absolute atomic E-state index is 0.0955. The predicted octanol–water partition coefficient (Wildman–Crippen LogP) is 5.41. The van der Waals surface area contributed by atoms with Crippen molar-refractivity contribution in [3.8, 4) is 22.8 Å². The summed E-state index contributed by atoms with van der Waals surface area (Å²) in [4.78, 5) is 17.0. The Bertz CT molecular complexity index is 1640. The van der Waals surface area contributed by atoms with Crippen LogP contribution in [0.2, 0.25) is 25.7 Å². The normalized spacial score (nSPS) is 12.2. The molecule has 9 nitrogen and oxygen atoms in total. The molecule has 1 aromatic carbocycles. The third-order valence-corrected chi connectivity index (χ3v) is 9.17. The van der Waals surface area contributed by atoms with Gasteiger partial charge < -0.3 is 18.6 Å². The van der Waals surface area contributed by atoms with Gasteiger partial charge in [0.1, 0.15) is 18.3 Å². The Labute approximate surface area is 228 Å². The standard InChI is InChI=1S/C27H33FN4O5SSi/c1-6-38(34,35)30-20-8-9-24(37-25-10-7-19(28)16-29-25)22(15-20)23-17-31(2)27(33)21-11-12-32(26(21)23)18-36-13-14-39(3,4)5/h7-12,15-17,30H,6,13-14,18H2,1-5H3. The molecule has 0 aliphatic heterocycles. The largest absolute Gasteiger partial charge is 0.438 e. The van der Waals surface area contributed by atoms with Crippen LogP contribution in [-0.4, -0.2) is 43.0 Å². The number of benzene rings is 1. The Morgan fingerprint density at radius 1 is 1.10 bits per heavy atom. The van der Waals surface area contributed by atoms with Crippen LogP contribution in [0, 0.1) is 5.82 Å². The first kappa shape index (κ1) is 28.5. The van der Waals surface area contributed by atoms with Crippen molar-refractivity contribution in [1.29, 1.82) is 0 Å². The number of sulfonamides is 1. The summed E-state index contributed by atoms with van der Waals surface area (Å²) in [5.41, 5.74) is 1.91. The first-order chi connectivity index (χ1) is 18.4. The van der Waals surface area contributed by atoms with Crippen LogP contribution < -0.4 is 15.0 Å². The number of nitrogens with one attached hydrogen (secondary N) is 1. The lowest BCUT2D eigenvalue weighted by molar-refractivity contribution is 0.0903. The summed E-state index contributed by atoms with van der Waals surface area (Å²) in [6.07, 6.45) is 4.53. The van der Waals surface area contributed by atoms with Crippen molar-refractivity contribution in [3.05, 3.63) is 71.2 Å².